The molecule has 0 saturated carbocycles. The van der Waals surface area contributed by atoms with Crippen molar-refractivity contribution in [2.75, 3.05) is 27.8 Å². The lowest BCUT2D eigenvalue weighted by molar-refractivity contribution is -0.0239. The number of ether oxygens (including phenoxy) is 2. The summed E-state index contributed by atoms with van der Waals surface area (Å²) in [6.07, 6.45) is 0.299. The smallest absolute Gasteiger partial charge is 0.0953 e. The molecule has 1 N–H and O–H groups in total. The Hall–Kier alpha value is -0.120. The quantitative estimate of drug-likeness (QED) is 0.605. The zero-order valence-corrected chi connectivity index (χ0v) is 7.18. The Kier molecular flexibility index (Phi) is 5.58. The van der Waals surface area contributed by atoms with E-state index in [4.69, 9.17) is 9.47 Å². The molecule has 0 aliphatic rings. The molecule has 10 heavy (non-hydrogen) atoms. The third kappa shape index (κ3) is 3.15. The third-order valence-electron chi connectivity index (χ3n) is 1.60. The van der Waals surface area contributed by atoms with Crippen molar-refractivity contribution in [3.05, 3.63) is 0 Å². The van der Waals surface area contributed by atoms with Crippen LogP contribution in [-0.2, 0) is 9.47 Å². The second-order valence-electron chi connectivity index (χ2n) is 2.27. The van der Waals surface area contributed by atoms with Gasteiger partial charge < -0.3 is 14.8 Å². The Morgan fingerprint density at radius 3 is 2.20 bits per heavy atom. The summed E-state index contributed by atoms with van der Waals surface area (Å²) in [4.78, 5) is 0. The molecule has 0 aliphatic heterocycles. The summed E-state index contributed by atoms with van der Waals surface area (Å²) in [6, 6.07) is 0. The predicted octanol–water partition coefficient (Wildman–Crippen LogP) is 0.256. The first-order valence-corrected chi connectivity index (χ1v) is 3.46. The molecule has 0 aromatic heterocycles. The minimum atomic E-state index is 0.148. The Balaban J connectivity index is 3.56. The number of nitrogens with one attached hydrogen (secondary N) is 1. The van der Waals surface area contributed by atoms with Gasteiger partial charge in [-0.25, -0.2) is 0 Å². The van der Waals surface area contributed by atoms with Crippen LogP contribution in [0.25, 0.3) is 0 Å². The van der Waals surface area contributed by atoms with E-state index in [9.17, 15) is 0 Å². The third-order valence-corrected chi connectivity index (χ3v) is 1.60. The van der Waals surface area contributed by atoms with Crippen LogP contribution in [0.1, 0.15) is 6.92 Å². The van der Waals surface area contributed by atoms with Crippen molar-refractivity contribution in [2.45, 2.75) is 19.1 Å². The van der Waals surface area contributed by atoms with Crippen molar-refractivity contribution in [3.63, 3.8) is 0 Å². The van der Waals surface area contributed by atoms with Crippen LogP contribution in [0.3, 0.4) is 0 Å². The average molecular weight is 147 g/mol. The largest absolute Gasteiger partial charge is 0.379 e. The van der Waals surface area contributed by atoms with E-state index in [-0.39, 0.29) is 12.2 Å². The molecule has 0 heterocycles. The number of methoxy groups -OCH3 is 2. The van der Waals surface area contributed by atoms with Crippen LogP contribution >= 0.6 is 0 Å². The summed E-state index contributed by atoms with van der Waals surface area (Å²) in [6.45, 7) is 2.82. The molecule has 0 aliphatic carbocycles. The Morgan fingerprint density at radius 1 is 1.30 bits per heavy atom. The first-order chi connectivity index (χ1) is 4.76. The molecule has 3 nitrogen and oxygen atoms in total. The van der Waals surface area contributed by atoms with Crippen LogP contribution in [0.5, 0.6) is 0 Å². The fraction of sp³-hybridized carbons (Fsp3) is 1.00. The molecule has 0 aromatic carbocycles. The number of rotatable bonds is 5. The zero-order valence-electron chi connectivity index (χ0n) is 7.18. The van der Waals surface area contributed by atoms with Crippen LogP contribution in [-0.4, -0.2) is 40.0 Å². The molecule has 0 radical (unpaired) electrons. The molecule has 2 unspecified atom stereocenters. The average Bonchev–Trinajstić information content (AvgIpc) is 1.99. The molecule has 62 valence electrons. The topological polar surface area (TPSA) is 30.5 Å². The summed E-state index contributed by atoms with van der Waals surface area (Å²) in [5, 5.41) is 3.03. The van der Waals surface area contributed by atoms with Crippen molar-refractivity contribution in [1.82, 2.24) is 5.32 Å². The minimum Gasteiger partial charge on any atom is -0.379 e. The van der Waals surface area contributed by atoms with Crippen LogP contribution in [0, 0.1) is 0 Å². The van der Waals surface area contributed by atoms with Gasteiger partial charge in [0.2, 0.25) is 0 Å². The Morgan fingerprint density at radius 2 is 1.90 bits per heavy atom. The van der Waals surface area contributed by atoms with Gasteiger partial charge in [0.1, 0.15) is 0 Å². The van der Waals surface area contributed by atoms with Gasteiger partial charge in [-0.2, -0.15) is 0 Å². The second-order valence-corrected chi connectivity index (χ2v) is 2.27. The monoisotopic (exact) mass is 147 g/mol. The maximum absolute atomic E-state index is 5.16. The lowest BCUT2D eigenvalue weighted by Gasteiger charge is -2.20. The molecule has 3 heteroatoms. The Bertz CT molecular complexity index is 78.0. The fourth-order valence-corrected chi connectivity index (χ4v) is 0.794. The van der Waals surface area contributed by atoms with Crippen LogP contribution in [0.2, 0.25) is 0 Å². The van der Waals surface area contributed by atoms with E-state index < -0.39 is 0 Å². The van der Waals surface area contributed by atoms with Crippen LogP contribution in [0.15, 0.2) is 0 Å². The van der Waals surface area contributed by atoms with Crippen molar-refractivity contribution in [1.29, 1.82) is 0 Å². The number of hydrogen-bond donors (Lipinski definition) is 1. The lowest BCUT2D eigenvalue weighted by Crippen LogP contribution is -2.35. The molecule has 0 bridgehead atoms. The van der Waals surface area contributed by atoms with E-state index >= 15 is 0 Å². The van der Waals surface area contributed by atoms with Crippen LogP contribution < -0.4 is 5.32 Å². The van der Waals surface area contributed by atoms with Crippen molar-refractivity contribution >= 4 is 0 Å². The van der Waals surface area contributed by atoms with Gasteiger partial charge in [0, 0.05) is 20.8 Å². The highest BCUT2D eigenvalue weighted by Gasteiger charge is 2.13. The highest BCUT2D eigenvalue weighted by Crippen LogP contribution is 1.99. The molecule has 0 amide bonds. The molecule has 0 fully saturated rings. The predicted molar refractivity (Wildman–Crippen MR) is 41.2 cm³/mol. The standard InChI is InChI=1S/C7H17NO2/c1-6(9-3)7(10-4)5-8-2/h6-8H,5H2,1-4H3. The van der Waals surface area contributed by atoms with Crippen molar-refractivity contribution < 1.29 is 9.47 Å². The van der Waals surface area contributed by atoms with Gasteiger partial charge in [-0.15, -0.1) is 0 Å². The first-order valence-electron chi connectivity index (χ1n) is 3.46. The van der Waals surface area contributed by atoms with E-state index in [0.29, 0.717) is 0 Å². The summed E-state index contributed by atoms with van der Waals surface area (Å²) >= 11 is 0. The second kappa shape index (κ2) is 5.65. The highest BCUT2D eigenvalue weighted by molar-refractivity contribution is 4.66. The zero-order chi connectivity index (χ0) is 7.98. The summed E-state index contributed by atoms with van der Waals surface area (Å²) in [5.74, 6) is 0. The van der Waals surface area contributed by atoms with Crippen molar-refractivity contribution in [3.8, 4) is 0 Å². The Labute approximate surface area is 62.7 Å². The van der Waals surface area contributed by atoms with Gasteiger partial charge in [0.05, 0.1) is 12.2 Å². The lowest BCUT2D eigenvalue weighted by atomic mass is 10.2. The molecular formula is C7H17NO2. The van der Waals surface area contributed by atoms with Gasteiger partial charge in [0.15, 0.2) is 0 Å². The van der Waals surface area contributed by atoms with Gasteiger partial charge in [0.25, 0.3) is 0 Å². The maximum Gasteiger partial charge on any atom is 0.0953 e. The molecule has 0 rings (SSSR count). The SMILES string of the molecule is CNCC(OC)C(C)OC. The van der Waals surface area contributed by atoms with E-state index in [2.05, 4.69) is 5.32 Å². The fourth-order valence-electron chi connectivity index (χ4n) is 0.794. The molecule has 2 atom stereocenters. The van der Waals surface area contributed by atoms with E-state index in [1.54, 1.807) is 14.2 Å². The first kappa shape index (κ1) is 9.88. The van der Waals surface area contributed by atoms with Crippen molar-refractivity contribution in [2.24, 2.45) is 0 Å². The van der Waals surface area contributed by atoms with Crippen LogP contribution in [0.4, 0.5) is 0 Å². The number of hydrogen-bond acceptors (Lipinski definition) is 3. The molecule has 0 aromatic rings. The molecular weight excluding hydrogens is 130 g/mol. The summed E-state index contributed by atoms with van der Waals surface area (Å²) in [5.41, 5.74) is 0. The number of likely N-dealkylation sites (N-methyl/N-ethyl adjacent to an activating group) is 1. The van der Waals surface area contributed by atoms with E-state index in [0.717, 1.165) is 6.54 Å². The van der Waals surface area contributed by atoms with Gasteiger partial charge in [-0.05, 0) is 14.0 Å². The summed E-state index contributed by atoms with van der Waals surface area (Å²) < 4.78 is 10.2. The van der Waals surface area contributed by atoms with Gasteiger partial charge >= 0.3 is 0 Å². The minimum absolute atomic E-state index is 0.148. The van der Waals surface area contributed by atoms with E-state index in [1.165, 1.54) is 0 Å². The molecule has 0 spiro atoms. The van der Waals surface area contributed by atoms with E-state index in [1.807, 2.05) is 14.0 Å². The normalized spacial score (nSPS) is 16.8. The van der Waals surface area contributed by atoms with Gasteiger partial charge in [-0.1, -0.05) is 0 Å². The maximum atomic E-state index is 5.16. The molecule has 0 saturated heterocycles. The highest BCUT2D eigenvalue weighted by atomic mass is 16.5. The summed E-state index contributed by atoms with van der Waals surface area (Å²) in [7, 11) is 5.28. The van der Waals surface area contributed by atoms with Gasteiger partial charge in [-0.3, -0.25) is 0 Å².